The fraction of sp³-hybridized carbons (Fsp3) is 0.562. The molecule has 0 aromatic heterocycles. The van der Waals surface area contributed by atoms with Gasteiger partial charge in [0.05, 0.1) is 6.61 Å². The van der Waals surface area contributed by atoms with E-state index in [9.17, 15) is 4.79 Å². The van der Waals surface area contributed by atoms with Crippen LogP contribution in [-0.2, 0) is 11.3 Å². The number of ether oxygens (including phenoxy) is 1. The van der Waals surface area contributed by atoms with E-state index in [-0.39, 0.29) is 6.09 Å². The van der Waals surface area contributed by atoms with Crippen LogP contribution in [0.3, 0.4) is 0 Å². The number of nitrogens with two attached hydrogens (primary N) is 1. The van der Waals surface area contributed by atoms with Gasteiger partial charge in [0.15, 0.2) is 0 Å². The van der Waals surface area contributed by atoms with Gasteiger partial charge in [0, 0.05) is 31.4 Å². The zero-order valence-corrected chi connectivity index (χ0v) is 12.9. The molecule has 3 N–H and O–H groups in total. The number of amides is 1. The second-order valence-corrected chi connectivity index (χ2v) is 5.54. The Kier molecular flexibility index (Phi) is 5.44. The lowest BCUT2D eigenvalue weighted by atomic mass is 10.0. The van der Waals surface area contributed by atoms with Crippen molar-refractivity contribution in [3.63, 3.8) is 0 Å². The minimum absolute atomic E-state index is 0.195. The fourth-order valence-corrected chi connectivity index (χ4v) is 2.62. The minimum atomic E-state index is -0.195. The average Bonchev–Trinajstić information content (AvgIpc) is 2.49. The predicted molar refractivity (Wildman–Crippen MR) is 84.0 cm³/mol. The molecule has 2 rings (SSSR count). The van der Waals surface area contributed by atoms with Gasteiger partial charge in [-0.05, 0) is 38.3 Å². The molecule has 1 aliphatic rings. The number of nitrogens with one attached hydrogen (secondary N) is 1. The van der Waals surface area contributed by atoms with E-state index in [0.29, 0.717) is 12.6 Å². The maximum absolute atomic E-state index is 11.6. The summed E-state index contributed by atoms with van der Waals surface area (Å²) in [6.45, 7) is 6.61. The highest BCUT2D eigenvalue weighted by Crippen LogP contribution is 2.16. The van der Waals surface area contributed by atoms with Gasteiger partial charge >= 0.3 is 6.09 Å². The monoisotopic (exact) mass is 291 g/mol. The van der Waals surface area contributed by atoms with Gasteiger partial charge < -0.3 is 20.7 Å². The molecule has 1 amide bonds. The van der Waals surface area contributed by atoms with Crippen LogP contribution in [0.5, 0.6) is 0 Å². The summed E-state index contributed by atoms with van der Waals surface area (Å²) < 4.78 is 5.02. The Morgan fingerprint density at radius 2 is 2.14 bits per heavy atom. The molecule has 1 aromatic rings. The van der Waals surface area contributed by atoms with Crippen LogP contribution in [0.25, 0.3) is 0 Å². The van der Waals surface area contributed by atoms with Crippen LogP contribution >= 0.6 is 0 Å². The van der Waals surface area contributed by atoms with E-state index in [4.69, 9.17) is 10.5 Å². The molecule has 1 aliphatic heterocycles. The maximum Gasteiger partial charge on any atom is 0.409 e. The summed E-state index contributed by atoms with van der Waals surface area (Å²) >= 11 is 0. The highest BCUT2D eigenvalue weighted by molar-refractivity contribution is 5.67. The molecule has 5 nitrogen and oxygen atoms in total. The molecule has 5 heteroatoms. The first-order valence-corrected chi connectivity index (χ1v) is 7.60. The van der Waals surface area contributed by atoms with Crippen LogP contribution in [0.2, 0.25) is 0 Å². The predicted octanol–water partition coefficient (Wildman–Crippen LogP) is 2.29. The van der Waals surface area contributed by atoms with Crippen LogP contribution < -0.4 is 11.1 Å². The van der Waals surface area contributed by atoms with Gasteiger partial charge in [0.25, 0.3) is 0 Å². The number of anilines is 1. The quantitative estimate of drug-likeness (QED) is 0.835. The molecule has 0 unspecified atom stereocenters. The van der Waals surface area contributed by atoms with Gasteiger partial charge in [-0.25, -0.2) is 4.79 Å². The summed E-state index contributed by atoms with van der Waals surface area (Å²) in [4.78, 5) is 13.4. The first-order valence-electron chi connectivity index (χ1n) is 7.60. The Hall–Kier alpha value is -1.75. The van der Waals surface area contributed by atoms with Crippen molar-refractivity contribution >= 4 is 11.8 Å². The zero-order chi connectivity index (χ0) is 15.2. The van der Waals surface area contributed by atoms with Gasteiger partial charge in [-0.2, -0.15) is 0 Å². The lowest BCUT2D eigenvalue weighted by molar-refractivity contribution is 0.0950. The van der Waals surface area contributed by atoms with E-state index in [0.717, 1.165) is 43.7 Å². The van der Waals surface area contributed by atoms with E-state index in [1.165, 1.54) is 5.56 Å². The standard InChI is InChI=1S/C16H25N3O2/c1-3-21-16(20)19-8-6-14(7-9-19)18-11-13-10-12(2)4-5-15(13)17/h4-5,10,14,18H,3,6-9,11,17H2,1-2H3. The molecule has 21 heavy (non-hydrogen) atoms. The highest BCUT2D eigenvalue weighted by Gasteiger charge is 2.23. The van der Waals surface area contributed by atoms with Gasteiger partial charge in [-0.1, -0.05) is 17.7 Å². The van der Waals surface area contributed by atoms with Crippen molar-refractivity contribution in [2.75, 3.05) is 25.4 Å². The van der Waals surface area contributed by atoms with E-state index in [1.807, 2.05) is 19.1 Å². The smallest absolute Gasteiger partial charge is 0.409 e. The molecular weight excluding hydrogens is 266 g/mol. The van der Waals surface area contributed by atoms with Gasteiger partial charge in [0.1, 0.15) is 0 Å². The third-order valence-electron chi connectivity index (χ3n) is 3.90. The lowest BCUT2D eigenvalue weighted by Crippen LogP contribution is -2.44. The normalized spacial score (nSPS) is 16.0. The number of aryl methyl sites for hydroxylation is 1. The summed E-state index contributed by atoms with van der Waals surface area (Å²) in [6.07, 6.45) is 1.70. The van der Waals surface area contributed by atoms with Gasteiger partial charge in [-0.3, -0.25) is 0 Å². The number of carbonyl (C=O) groups excluding carboxylic acids is 1. The largest absolute Gasteiger partial charge is 0.450 e. The Labute approximate surface area is 126 Å². The SMILES string of the molecule is CCOC(=O)N1CCC(NCc2cc(C)ccc2N)CC1. The van der Waals surface area contributed by atoms with Crippen molar-refractivity contribution in [2.24, 2.45) is 0 Å². The Bertz CT molecular complexity index is 482. The summed E-state index contributed by atoms with van der Waals surface area (Å²) in [6, 6.07) is 6.53. The second-order valence-electron chi connectivity index (χ2n) is 5.54. The van der Waals surface area contributed by atoms with Crippen molar-refractivity contribution in [1.82, 2.24) is 10.2 Å². The number of hydrogen-bond acceptors (Lipinski definition) is 4. The van der Waals surface area contributed by atoms with E-state index < -0.39 is 0 Å². The third-order valence-corrected chi connectivity index (χ3v) is 3.90. The lowest BCUT2D eigenvalue weighted by Gasteiger charge is -2.31. The molecular formula is C16H25N3O2. The van der Waals surface area contributed by atoms with E-state index in [2.05, 4.69) is 18.3 Å². The van der Waals surface area contributed by atoms with Crippen molar-refractivity contribution in [1.29, 1.82) is 0 Å². The molecule has 0 atom stereocenters. The Morgan fingerprint density at radius 1 is 1.43 bits per heavy atom. The van der Waals surface area contributed by atoms with Crippen LogP contribution in [0.1, 0.15) is 30.9 Å². The topological polar surface area (TPSA) is 67.6 Å². The molecule has 116 valence electrons. The van der Waals surface area contributed by atoms with Crippen molar-refractivity contribution in [3.05, 3.63) is 29.3 Å². The molecule has 0 bridgehead atoms. The first-order chi connectivity index (χ1) is 10.1. The number of rotatable bonds is 4. The van der Waals surface area contributed by atoms with Crippen molar-refractivity contribution in [3.8, 4) is 0 Å². The molecule has 0 spiro atoms. The summed E-state index contributed by atoms with van der Waals surface area (Å²) in [7, 11) is 0. The molecule has 1 heterocycles. The number of carbonyl (C=O) groups is 1. The first kappa shape index (κ1) is 15.6. The summed E-state index contributed by atoms with van der Waals surface area (Å²) in [5.74, 6) is 0. The Balaban J connectivity index is 1.79. The van der Waals surface area contributed by atoms with Crippen LogP contribution in [0.15, 0.2) is 18.2 Å². The third kappa shape index (κ3) is 4.36. The highest BCUT2D eigenvalue weighted by atomic mass is 16.6. The average molecular weight is 291 g/mol. The number of hydrogen-bond donors (Lipinski definition) is 2. The number of likely N-dealkylation sites (tertiary alicyclic amines) is 1. The van der Waals surface area contributed by atoms with Crippen LogP contribution in [-0.4, -0.2) is 36.7 Å². The minimum Gasteiger partial charge on any atom is -0.450 e. The molecule has 1 saturated heterocycles. The van der Waals surface area contributed by atoms with Crippen LogP contribution in [0, 0.1) is 6.92 Å². The molecule has 0 saturated carbocycles. The summed E-state index contributed by atoms with van der Waals surface area (Å²) in [5.41, 5.74) is 9.18. The maximum atomic E-state index is 11.6. The fourth-order valence-electron chi connectivity index (χ4n) is 2.62. The number of piperidine rings is 1. The van der Waals surface area contributed by atoms with Gasteiger partial charge in [0.2, 0.25) is 0 Å². The summed E-state index contributed by atoms with van der Waals surface area (Å²) in [5, 5.41) is 3.54. The zero-order valence-electron chi connectivity index (χ0n) is 12.9. The van der Waals surface area contributed by atoms with Gasteiger partial charge in [-0.15, -0.1) is 0 Å². The Morgan fingerprint density at radius 3 is 2.81 bits per heavy atom. The number of nitrogen functional groups attached to an aromatic ring is 1. The molecule has 0 radical (unpaired) electrons. The van der Waals surface area contributed by atoms with Crippen molar-refractivity contribution < 1.29 is 9.53 Å². The van der Waals surface area contributed by atoms with Crippen molar-refractivity contribution in [2.45, 2.75) is 39.3 Å². The second kappa shape index (κ2) is 7.31. The molecule has 1 aromatic carbocycles. The number of nitrogens with zero attached hydrogens (tertiary/aromatic N) is 1. The number of benzene rings is 1. The van der Waals surface area contributed by atoms with Crippen LogP contribution in [0.4, 0.5) is 10.5 Å². The van der Waals surface area contributed by atoms with E-state index >= 15 is 0 Å². The molecule has 0 aliphatic carbocycles. The molecule has 1 fully saturated rings. The van der Waals surface area contributed by atoms with E-state index in [1.54, 1.807) is 4.90 Å².